The van der Waals surface area contributed by atoms with E-state index in [4.69, 9.17) is 5.73 Å². The van der Waals surface area contributed by atoms with Gasteiger partial charge in [0, 0.05) is 26.1 Å². The standard InChI is InChI=1S/C11H24N2O/c1-9(12)6-7-10(14)13(5)8-11(2,3)4/h9H,6-8,12H2,1-5H3. The molecule has 1 amide bonds. The van der Waals surface area contributed by atoms with Crippen LogP contribution in [-0.2, 0) is 4.79 Å². The summed E-state index contributed by atoms with van der Waals surface area (Å²) in [5.41, 5.74) is 5.76. The molecule has 1 unspecified atom stereocenters. The van der Waals surface area contributed by atoms with Gasteiger partial charge in [-0.05, 0) is 18.8 Å². The Morgan fingerprint density at radius 2 is 1.93 bits per heavy atom. The van der Waals surface area contributed by atoms with Crippen molar-refractivity contribution in [3.63, 3.8) is 0 Å². The van der Waals surface area contributed by atoms with Crippen LogP contribution in [0.5, 0.6) is 0 Å². The topological polar surface area (TPSA) is 46.3 Å². The zero-order valence-electron chi connectivity index (χ0n) is 10.1. The molecule has 0 aliphatic heterocycles. The molecular formula is C11H24N2O. The molecule has 2 N–H and O–H groups in total. The number of hydrogen-bond donors (Lipinski definition) is 1. The van der Waals surface area contributed by atoms with E-state index in [9.17, 15) is 4.79 Å². The van der Waals surface area contributed by atoms with Gasteiger partial charge in [0.2, 0.25) is 5.91 Å². The minimum atomic E-state index is 0.113. The summed E-state index contributed by atoms with van der Waals surface area (Å²) in [5.74, 6) is 0.192. The summed E-state index contributed by atoms with van der Waals surface area (Å²) in [5, 5.41) is 0. The highest BCUT2D eigenvalue weighted by atomic mass is 16.2. The lowest BCUT2D eigenvalue weighted by molar-refractivity contribution is -0.131. The van der Waals surface area contributed by atoms with Gasteiger partial charge in [0.25, 0.3) is 0 Å². The molecule has 0 rings (SSSR count). The normalized spacial score (nSPS) is 13.9. The van der Waals surface area contributed by atoms with E-state index < -0.39 is 0 Å². The highest BCUT2D eigenvalue weighted by Crippen LogP contribution is 2.14. The van der Waals surface area contributed by atoms with Crippen molar-refractivity contribution in [3.8, 4) is 0 Å². The van der Waals surface area contributed by atoms with Crippen molar-refractivity contribution < 1.29 is 4.79 Å². The van der Waals surface area contributed by atoms with Crippen LogP contribution in [0.25, 0.3) is 0 Å². The average Bonchev–Trinajstić information content (AvgIpc) is 1.96. The maximum atomic E-state index is 11.6. The van der Waals surface area contributed by atoms with Gasteiger partial charge in [0.05, 0.1) is 0 Å². The van der Waals surface area contributed by atoms with E-state index in [2.05, 4.69) is 20.8 Å². The van der Waals surface area contributed by atoms with Crippen molar-refractivity contribution in [2.24, 2.45) is 11.1 Å². The third-order valence-electron chi connectivity index (χ3n) is 1.95. The fourth-order valence-electron chi connectivity index (χ4n) is 1.34. The lowest BCUT2D eigenvalue weighted by Crippen LogP contribution is -2.35. The first kappa shape index (κ1) is 13.4. The lowest BCUT2D eigenvalue weighted by atomic mass is 9.96. The van der Waals surface area contributed by atoms with Crippen LogP contribution in [0, 0.1) is 5.41 Å². The van der Waals surface area contributed by atoms with Crippen LogP contribution in [0.1, 0.15) is 40.5 Å². The van der Waals surface area contributed by atoms with Crippen LogP contribution >= 0.6 is 0 Å². The van der Waals surface area contributed by atoms with Gasteiger partial charge >= 0.3 is 0 Å². The Kier molecular flexibility index (Phi) is 5.13. The molecule has 0 aromatic rings. The predicted octanol–water partition coefficient (Wildman–Crippen LogP) is 1.62. The highest BCUT2D eigenvalue weighted by Gasteiger charge is 2.17. The molecule has 1 atom stereocenters. The molecule has 84 valence electrons. The Balaban J connectivity index is 3.88. The van der Waals surface area contributed by atoms with E-state index in [0.717, 1.165) is 13.0 Å². The summed E-state index contributed by atoms with van der Waals surface area (Å²) < 4.78 is 0. The highest BCUT2D eigenvalue weighted by molar-refractivity contribution is 5.75. The van der Waals surface area contributed by atoms with Crippen molar-refractivity contribution in [2.75, 3.05) is 13.6 Å². The van der Waals surface area contributed by atoms with Crippen molar-refractivity contribution in [2.45, 2.75) is 46.6 Å². The van der Waals surface area contributed by atoms with Crippen LogP contribution < -0.4 is 5.73 Å². The van der Waals surface area contributed by atoms with Crippen molar-refractivity contribution in [1.29, 1.82) is 0 Å². The predicted molar refractivity (Wildman–Crippen MR) is 60.0 cm³/mol. The van der Waals surface area contributed by atoms with Crippen LogP contribution in [-0.4, -0.2) is 30.4 Å². The number of carbonyl (C=O) groups is 1. The second kappa shape index (κ2) is 5.35. The van der Waals surface area contributed by atoms with Gasteiger partial charge in [-0.15, -0.1) is 0 Å². The molecule has 0 bridgehead atoms. The van der Waals surface area contributed by atoms with Gasteiger partial charge in [-0.3, -0.25) is 4.79 Å². The van der Waals surface area contributed by atoms with E-state index in [0.29, 0.717) is 6.42 Å². The minimum Gasteiger partial charge on any atom is -0.345 e. The number of carbonyl (C=O) groups excluding carboxylic acids is 1. The van der Waals surface area contributed by atoms with Gasteiger partial charge in [0.1, 0.15) is 0 Å². The second-order valence-electron chi connectivity index (χ2n) is 5.33. The Hall–Kier alpha value is -0.570. The molecule has 0 heterocycles. The van der Waals surface area contributed by atoms with Gasteiger partial charge in [-0.2, -0.15) is 0 Å². The molecule has 0 saturated carbocycles. The summed E-state index contributed by atoms with van der Waals surface area (Å²) in [4.78, 5) is 13.4. The fourth-order valence-corrected chi connectivity index (χ4v) is 1.34. The van der Waals surface area contributed by atoms with Crippen molar-refractivity contribution >= 4 is 5.91 Å². The number of hydrogen-bond acceptors (Lipinski definition) is 2. The van der Waals surface area contributed by atoms with Crippen molar-refractivity contribution in [1.82, 2.24) is 4.90 Å². The van der Waals surface area contributed by atoms with E-state index in [1.807, 2.05) is 14.0 Å². The Bertz CT molecular complexity index is 182. The van der Waals surface area contributed by atoms with Crippen LogP contribution in [0.3, 0.4) is 0 Å². The van der Waals surface area contributed by atoms with Crippen LogP contribution in [0.2, 0.25) is 0 Å². The summed E-state index contributed by atoms with van der Waals surface area (Å²) >= 11 is 0. The van der Waals surface area contributed by atoms with Gasteiger partial charge in [0.15, 0.2) is 0 Å². The second-order valence-corrected chi connectivity index (χ2v) is 5.33. The maximum absolute atomic E-state index is 11.6. The average molecular weight is 200 g/mol. The molecule has 0 aromatic heterocycles. The quantitative estimate of drug-likeness (QED) is 0.749. The molecule has 0 fully saturated rings. The first-order valence-corrected chi connectivity index (χ1v) is 5.22. The molecule has 0 radical (unpaired) electrons. The molecule has 3 nitrogen and oxygen atoms in total. The molecule has 0 aliphatic carbocycles. The fraction of sp³-hybridized carbons (Fsp3) is 0.909. The van der Waals surface area contributed by atoms with E-state index in [1.165, 1.54) is 0 Å². The number of nitrogens with zero attached hydrogens (tertiary/aromatic N) is 1. The summed E-state index contributed by atoms with van der Waals surface area (Å²) in [7, 11) is 1.86. The molecule has 14 heavy (non-hydrogen) atoms. The monoisotopic (exact) mass is 200 g/mol. The molecule has 0 saturated heterocycles. The third-order valence-corrected chi connectivity index (χ3v) is 1.95. The van der Waals surface area contributed by atoms with Crippen molar-refractivity contribution in [3.05, 3.63) is 0 Å². The largest absolute Gasteiger partial charge is 0.345 e. The molecule has 3 heteroatoms. The Morgan fingerprint density at radius 3 is 2.29 bits per heavy atom. The lowest BCUT2D eigenvalue weighted by Gasteiger charge is -2.26. The SMILES string of the molecule is CC(N)CCC(=O)N(C)CC(C)(C)C. The molecule has 0 aliphatic rings. The van der Waals surface area contributed by atoms with Gasteiger partial charge in [-0.1, -0.05) is 20.8 Å². The molecular weight excluding hydrogens is 176 g/mol. The molecule has 0 aromatic carbocycles. The zero-order chi connectivity index (χ0) is 11.4. The number of amides is 1. The van der Waals surface area contributed by atoms with E-state index in [-0.39, 0.29) is 17.4 Å². The Labute approximate surface area is 87.6 Å². The van der Waals surface area contributed by atoms with Crippen LogP contribution in [0.15, 0.2) is 0 Å². The maximum Gasteiger partial charge on any atom is 0.222 e. The number of rotatable bonds is 4. The summed E-state index contributed by atoms with van der Waals surface area (Å²) in [6, 6.07) is 0.113. The zero-order valence-corrected chi connectivity index (χ0v) is 10.1. The minimum absolute atomic E-state index is 0.113. The summed E-state index contributed by atoms with van der Waals surface area (Å²) in [6.07, 6.45) is 1.33. The van der Waals surface area contributed by atoms with Gasteiger partial charge < -0.3 is 10.6 Å². The van der Waals surface area contributed by atoms with Crippen LogP contribution in [0.4, 0.5) is 0 Å². The van der Waals surface area contributed by atoms with Gasteiger partial charge in [-0.25, -0.2) is 0 Å². The first-order chi connectivity index (χ1) is 6.22. The van der Waals surface area contributed by atoms with E-state index in [1.54, 1.807) is 4.90 Å². The first-order valence-electron chi connectivity index (χ1n) is 5.22. The Morgan fingerprint density at radius 1 is 1.43 bits per heavy atom. The number of nitrogens with two attached hydrogens (primary N) is 1. The smallest absolute Gasteiger partial charge is 0.222 e. The summed E-state index contributed by atoms with van der Waals surface area (Å²) in [6.45, 7) is 9.11. The third kappa shape index (κ3) is 6.89. The van der Waals surface area contributed by atoms with E-state index >= 15 is 0 Å². The molecule has 0 spiro atoms.